The summed E-state index contributed by atoms with van der Waals surface area (Å²) in [4.78, 5) is 35.9. The molecule has 0 aliphatic carbocycles. The largest absolute Gasteiger partial charge is 0.482 e. The summed E-state index contributed by atoms with van der Waals surface area (Å²) < 4.78 is 5.26. The number of hydrogen-bond acceptors (Lipinski definition) is 5. The third-order valence-electron chi connectivity index (χ3n) is 3.98. The monoisotopic (exact) mass is 379 g/mol. The molecule has 0 aliphatic rings. The van der Waals surface area contributed by atoms with E-state index in [9.17, 15) is 14.4 Å². The topological polar surface area (TPSA) is 108 Å². The molecule has 0 fully saturated rings. The summed E-state index contributed by atoms with van der Waals surface area (Å²) in [6, 6.07) is 14.1. The highest BCUT2D eigenvalue weighted by Gasteiger charge is 2.13. The van der Waals surface area contributed by atoms with Crippen LogP contribution in [0.3, 0.4) is 0 Å². The zero-order valence-electron chi connectivity index (χ0n) is 15.7. The van der Waals surface area contributed by atoms with Crippen LogP contribution in [0.4, 0.5) is 0 Å². The van der Waals surface area contributed by atoms with Crippen LogP contribution in [0.15, 0.2) is 42.5 Å². The normalized spacial score (nSPS) is 9.89. The molecule has 2 rings (SSSR count). The van der Waals surface area contributed by atoms with E-state index in [1.807, 2.05) is 32.0 Å². The van der Waals surface area contributed by atoms with Gasteiger partial charge in [-0.3, -0.25) is 25.2 Å². The lowest BCUT2D eigenvalue weighted by molar-refractivity contribution is -0.130. The van der Waals surface area contributed by atoms with Crippen LogP contribution in [0.1, 0.15) is 39.9 Å². The predicted octanol–water partition coefficient (Wildman–Crippen LogP) is 2.36. The fourth-order valence-corrected chi connectivity index (χ4v) is 2.46. The predicted molar refractivity (Wildman–Crippen MR) is 102 cm³/mol. The van der Waals surface area contributed by atoms with Crippen molar-refractivity contribution in [1.82, 2.24) is 10.9 Å². The van der Waals surface area contributed by atoms with Crippen molar-refractivity contribution >= 4 is 17.6 Å². The summed E-state index contributed by atoms with van der Waals surface area (Å²) in [6.45, 7) is 3.38. The summed E-state index contributed by atoms with van der Waals surface area (Å²) >= 11 is 0. The molecule has 2 aromatic rings. The number of nitrogens with one attached hydrogen (secondary N) is 2. The average molecular weight is 379 g/mol. The number of carbonyl (C=O) groups is 3. The molecule has 0 bridgehead atoms. The van der Waals surface area contributed by atoms with Gasteiger partial charge in [-0.25, -0.2) is 0 Å². The van der Waals surface area contributed by atoms with Gasteiger partial charge in [-0.2, -0.15) is 5.26 Å². The summed E-state index contributed by atoms with van der Waals surface area (Å²) in [5, 5.41) is 8.96. The Labute approximate surface area is 163 Å². The summed E-state index contributed by atoms with van der Waals surface area (Å²) in [7, 11) is 0. The van der Waals surface area contributed by atoms with Crippen molar-refractivity contribution in [3.63, 3.8) is 0 Å². The molecular formula is C21H21N3O4. The molecule has 0 spiro atoms. The van der Waals surface area contributed by atoms with Gasteiger partial charge in [-0.15, -0.1) is 0 Å². The van der Waals surface area contributed by atoms with E-state index in [0.29, 0.717) is 11.1 Å². The van der Waals surface area contributed by atoms with Gasteiger partial charge in [0, 0.05) is 18.4 Å². The molecular weight excluding hydrogens is 358 g/mol. The highest BCUT2D eigenvalue weighted by Crippen LogP contribution is 2.16. The van der Waals surface area contributed by atoms with E-state index in [0.717, 1.165) is 11.1 Å². The molecule has 0 heterocycles. The second-order valence-electron chi connectivity index (χ2n) is 6.23. The zero-order chi connectivity index (χ0) is 20.5. The maximum Gasteiger partial charge on any atom is 0.276 e. The number of para-hydroxylation sites is 1. The smallest absolute Gasteiger partial charge is 0.276 e. The third kappa shape index (κ3) is 5.95. The SMILES string of the molecule is Cc1ccc(C)c(C(=O)CCC(=O)NNC(=O)COc2ccccc2C#N)c1. The van der Waals surface area contributed by atoms with Crippen molar-refractivity contribution in [2.24, 2.45) is 0 Å². The van der Waals surface area contributed by atoms with Crippen molar-refractivity contribution in [1.29, 1.82) is 5.26 Å². The number of ketones is 1. The Hall–Kier alpha value is -3.66. The van der Waals surface area contributed by atoms with Crippen LogP contribution in [0.25, 0.3) is 0 Å². The molecule has 0 saturated carbocycles. The van der Waals surface area contributed by atoms with Crippen molar-refractivity contribution < 1.29 is 19.1 Å². The van der Waals surface area contributed by atoms with E-state index in [1.54, 1.807) is 30.3 Å². The van der Waals surface area contributed by atoms with Crippen LogP contribution in [-0.2, 0) is 9.59 Å². The van der Waals surface area contributed by atoms with Crippen LogP contribution < -0.4 is 15.6 Å². The number of hydrazine groups is 1. The number of Topliss-reactive ketones (excluding diaryl/α,β-unsaturated/α-hetero) is 1. The number of amides is 2. The molecule has 0 radical (unpaired) electrons. The number of ether oxygens (including phenoxy) is 1. The quantitative estimate of drug-likeness (QED) is 0.567. The first kappa shape index (κ1) is 20.6. The highest BCUT2D eigenvalue weighted by molar-refractivity contribution is 5.99. The van der Waals surface area contributed by atoms with Gasteiger partial charge < -0.3 is 4.74 Å². The van der Waals surface area contributed by atoms with Gasteiger partial charge in [-0.1, -0.05) is 29.8 Å². The van der Waals surface area contributed by atoms with Gasteiger partial charge in [-0.05, 0) is 37.6 Å². The standard InChI is InChI=1S/C21H21N3O4/c1-14-7-8-15(2)17(11-14)18(25)9-10-20(26)23-24-21(27)13-28-19-6-4-3-5-16(19)12-22/h3-8,11H,9-10,13H2,1-2H3,(H,23,26)(H,24,27). The number of carbonyl (C=O) groups excluding carboxylic acids is 3. The zero-order valence-corrected chi connectivity index (χ0v) is 15.7. The van der Waals surface area contributed by atoms with E-state index in [2.05, 4.69) is 10.9 Å². The molecule has 7 heteroatoms. The van der Waals surface area contributed by atoms with Crippen molar-refractivity contribution in [3.05, 3.63) is 64.7 Å². The molecule has 2 N–H and O–H groups in total. The van der Waals surface area contributed by atoms with Gasteiger partial charge >= 0.3 is 0 Å². The average Bonchev–Trinajstić information content (AvgIpc) is 2.70. The Morgan fingerprint density at radius 1 is 1.00 bits per heavy atom. The third-order valence-corrected chi connectivity index (χ3v) is 3.98. The van der Waals surface area contributed by atoms with E-state index in [1.165, 1.54) is 0 Å². The first-order chi connectivity index (χ1) is 13.4. The van der Waals surface area contributed by atoms with Crippen LogP contribution in [0, 0.1) is 25.2 Å². The Morgan fingerprint density at radius 2 is 1.71 bits per heavy atom. The Bertz CT molecular complexity index is 931. The van der Waals surface area contributed by atoms with Crippen LogP contribution >= 0.6 is 0 Å². The Morgan fingerprint density at radius 3 is 2.46 bits per heavy atom. The van der Waals surface area contributed by atoms with Crippen LogP contribution in [0.5, 0.6) is 5.75 Å². The maximum atomic E-state index is 12.3. The molecule has 0 unspecified atom stereocenters. The number of aryl methyl sites for hydroxylation is 2. The Kier molecular flexibility index (Phi) is 7.28. The summed E-state index contributed by atoms with van der Waals surface area (Å²) in [5.41, 5.74) is 7.20. The maximum absolute atomic E-state index is 12.3. The first-order valence-electron chi connectivity index (χ1n) is 8.70. The molecule has 7 nitrogen and oxygen atoms in total. The minimum Gasteiger partial charge on any atom is -0.482 e. The fourth-order valence-electron chi connectivity index (χ4n) is 2.46. The number of nitrogens with zero attached hydrogens (tertiary/aromatic N) is 1. The minimum atomic E-state index is -0.582. The molecule has 2 amide bonds. The molecule has 0 atom stereocenters. The van der Waals surface area contributed by atoms with E-state index in [-0.39, 0.29) is 31.0 Å². The lowest BCUT2D eigenvalue weighted by Gasteiger charge is -2.10. The van der Waals surface area contributed by atoms with Gasteiger partial charge in [0.05, 0.1) is 5.56 Å². The molecule has 0 aromatic heterocycles. The second kappa shape index (κ2) is 9.88. The fraction of sp³-hybridized carbons (Fsp3) is 0.238. The molecule has 2 aromatic carbocycles. The lowest BCUT2D eigenvalue weighted by Crippen LogP contribution is -2.43. The van der Waals surface area contributed by atoms with Crippen LogP contribution in [-0.4, -0.2) is 24.2 Å². The second-order valence-corrected chi connectivity index (χ2v) is 6.23. The van der Waals surface area contributed by atoms with Gasteiger partial charge in [0.25, 0.3) is 5.91 Å². The number of rotatable bonds is 7. The number of nitriles is 1. The van der Waals surface area contributed by atoms with Crippen molar-refractivity contribution in [2.45, 2.75) is 26.7 Å². The van der Waals surface area contributed by atoms with E-state index in [4.69, 9.17) is 10.00 Å². The number of hydrogen-bond donors (Lipinski definition) is 2. The summed E-state index contributed by atoms with van der Waals surface area (Å²) in [6.07, 6.45) is -0.0112. The van der Waals surface area contributed by atoms with E-state index >= 15 is 0 Å². The molecule has 144 valence electrons. The Balaban J connectivity index is 1.74. The first-order valence-corrected chi connectivity index (χ1v) is 8.70. The van der Waals surface area contributed by atoms with Crippen molar-refractivity contribution in [2.75, 3.05) is 6.61 Å². The van der Waals surface area contributed by atoms with Crippen molar-refractivity contribution in [3.8, 4) is 11.8 Å². The van der Waals surface area contributed by atoms with Crippen LogP contribution in [0.2, 0.25) is 0 Å². The molecule has 0 saturated heterocycles. The van der Waals surface area contributed by atoms with E-state index < -0.39 is 11.8 Å². The number of benzene rings is 2. The summed E-state index contributed by atoms with van der Waals surface area (Å²) in [5.74, 6) is -0.906. The molecule has 28 heavy (non-hydrogen) atoms. The van der Waals surface area contributed by atoms with Gasteiger partial charge in [0.1, 0.15) is 11.8 Å². The highest BCUT2D eigenvalue weighted by atomic mass is 16.5. The van der Waals surface area contributed by atoms with Gasteiger partial charge in [0.15, 0.2) is 12.4 Å². The lowest BCUT2D eigenvalue weighted by atomic mass is 9.99. The minimum absolute atomic E-state index is 0.0397. The molecule has 0 aliphatic heterocycles. The van der Waals surface area contributed by atoms with Gasteiger partial charge in [0.2, 0.25) is 5.91 Å².